The lowest BCUT2D eigenvalue weighted by Gasteiger charge is -2.15. The minimum atomic E-state index is -0.609. The van der Waals surface area contributed by atoms with Crippen LogP contribution in [0.4, 0.5) is 5.69 Å². The number of nitro benzene ring substituents is 1. The first-order valence-electron chi connectivity index (χ1n) is 6.04. The van der Waals surface area contributed by atoms with Gasteiger partial charge in [-0.25, -0.2) is 0 Å². The Hall–Kier alpha value is -1.95. The zero-order valence-electron chi connectivity index (χ0n) is 11.2. The Morgan fingerprint density at radius 2 is 2.11 bits per heavy atom. The number of hydrogen-bond donors (Lipinski definition) is 2. The summed E-state index contributed by atoms with van der Waals surface area (Å²) in [4.78, 5) is 22.0. The lowest BCUT2D eigenvalue weighted by Crippen LogP contribution is -2.35. The van der Waals surface area contributed by atoms with Crippen LogP contribution in [0.1, 0.15) is 29.8 Å². The lowest BCUT2D eigenvalue weighted by atomic mass is 10.1. The van der Waals surface area contributed by atoms with Crippen molar-refractivity contribution in [2.45, 2.75) is 26.9 Å². The number of aliphatic hydroxyl groups excluding tert-OH is 1. The van der Waals surface area contributed by atoms with Crippen molar-refractivity contribution in [3.63, 3.8) is 0 Å². The minimum Gasteiger partial charge on any atom is -0.391 e. The standard InChI is InChI=1S/C13H18N2O4/c1-8(2)12(16)7-14-13(17)11-5-4-10(15(18)19)6-9(11)3/h4-6,8,12,16H,7H2,1-3H3,(H,14,17). The van der Waals surface area contributed by atoms with E-state index in [-0.39, 0.29) is 24.1 Å². The summed E-state index contributed by atoms with van der Waals surface area (Å²) in [6.07, 6.45) is -0.609. The molecule has 0 heterocycles. The molecule has 1 unspecified atom stereocenters. The van der Waals surface area contributed by atoms with Gasteiger partial charge in [0.1, 0.15) is 0 Å². The maximum atomic E-state index is 11.9. The number of nitrogens with one attached hydrogen (secondary N) is 1. The summed E-state index contributed by atoms with van der Waals surface area (Å²) >= 11 is 0. The molecule has 0 aliphatic heterocycles. The molecule has 1 atom stereocenters. The fourth-order valence-electron chi connectivity index (χ4n) is 1.54. The van der Waals surface area contributed by atoms with Gasteiger partial charge in [0, 0.05) is 24.2 Å². The molecule has 6 heteroatoms. The predicted molar refractivity (Wildman–Crippen MR) is 71.0 cm³/mol. The number of rotatable bonds is 5. The summed E-state index contributed by atoms with van der Waals surface area (Å²) in [6, 6.07) is 4.07. The van der Waals surface area contributed by atoms with E-state index in [1.165, 1.54) is 18.2 Å². The molecule has 0 aromatic heterocycles. The van der Waals surface area contributed by atoms with Gasteiger partial charge >= 0.3 is 0 Å². The van der Waals surface area contributed by atoms with Gasteiger partial charge in [-0.05, 0) is 24.5 Å². The summed E-state index contributed by atoms with van der Waals surface area (Å²) in [5.41, 5.74) is 0.864. The molecule has 0 radical (unpaired) electrons. The molecule has 19 heavy (non-hydrogen) atoms. The van der Waals surface area contributed by atoms with Gasteiger partial charge in [-0.2, -0.15) is 0 Å². The summed E-state index contributed by atoms with van der Waals surface area (Å²) in [5.74, 6) is -0.287. The average Bonchev–Trinajstić information content (AvgIpc) is 2.34. The molecule has 0 saturated carbocycles. The van der Waals surface area contributed by atoms with E-state index < -0.39 is 11.0 Å². The third-order valence-electron chi connectivity index (χ3n) is 2.91. The molecule has 1 amide bonds. The number of carbonyl (C=O) groups excluding carboxylic acids is 1. The van der Waals surface area contributed by atoms with Crippen LogP contribution in [0.5, 0.6) is 0 Å². The lowest BCUT2D eigenvalue weighted by molar-refractivity contribution is -0.384. The van der Waals surface area contributed by atoms with E-state index in [9.17, 15) is 20.0 Å². The van der Waals surface area contributed by atoms with E-state index in [0.717, 1.165) is 0 Å². The van der Waals surface area contributed by atoms with E-state index in [0.29, 0.717) is 11.1 Å². The Balaban J connectivity index is 2.75. The third-order valence-corrected chi connectivity index (χ3v) is 2.91. The van der Waals surface area contributed by atoms with E-state index in [2.05, 4.69) is 5.32 Å². The first-order valence-corrected chi connectivity index (χ1v) is 6.04. The van der Waals surface area contributed by atoms with E-state index in [1.54, 1.807) is 6.92 Å². The van der Waals surface area contributed by atoms with Gasteiger partial charge < -0.3 is 10.4 Å². The van der Waals surface area contributed by atoms with Crippen LogP contribution in [0.3, 0.4) is 0 Å². The van der Waals surface area contributed by atoms with Crippen LogP contribution in [-0.4, -0.2) is 28.6 Å². The molecule has 1 aromatic carbocycles. The second kappa shape index (κ2) is 6.29. The minimum absolute atomic E-state index is 0.0451. The van der Waals surface area contributed by atoms with Gasteiger partial charge in [0.05, 0.1) is 11.0 Å². The summed E-state index contributed by atoms with van der Waals surface area (Å²) in [7, 11) is 0. The van der Waals surface area contributed by atoms with Crippen molar-refractivity contribution in [1.29, 1.82) is 0 Å². The Kier molecular flexibility index (Phi) is 5.00. The second-order valence-electron chi connectivity index (χ2n) is 4.78. The third kappa shape index (κ3) is 4.03. The van der Waals surface area contributed by atoms with Crippen molar-refractivity contribution in [2.75, 3.05) is 6.54 Å². The Bertz CT molecular complexity index is 486. The molecular formula is C13H18N2O4. The fourth-order valence-corrected chi connectivity index (χ4v) is 1.54. The van der Waals surface area contributed by atoms with Crippen molar-refractivity contribution in [2.24, 2.45) is 5.92 Å². The average molecular weight is 266 g/mol. The molecule has 0 fully saturated rings. The molecular weight excluding hydrogens is 248 g/mol. The van der Waals surface area contributed by atoms with Crippen LogP contribution in [0.15, 0.2) is 18.2 Å². The van der Waals surface area contributed by atoms with Crippen LogP contribution in [-0.2, 0) is 0 Å². The number of carbonyl (C=O) groups is 1. The topological polar surface area (TPSA) is 92.5 Å². The number of nitro groups is 1. The second-order valence-corrected chi connectivity index (χ2v) is 4.78. The summed E-state index contributed by atoms with van der Waals surface area (Å²) in [5, 5.41) is 22.8. The zero-order chi connectivity index (χ0) is 14.6. The molecule has 104 valence electrons. The maximum Gasteiger partial charge on any atom is 0.269 e. The monoisotopic (exact) mass is 266 g/mol. The number of non-ortho nitro benzene ring substituents is 1. The van der Waals surface area contributed by atoms with Gasteiger partial charge in [0.15, 0.2) is 0 Å². The van der Waals surface area contributed by atoms with Crippen molar-refractivity contribution < 1.29 is 14.8 Å². The highest BCUT2D eigenvalue weighted by Crippen LogP contribution is 2.17. The fraction of sp³-hybridized carbons (Fsp3) is 0.462. The molecule has 0 spiro atoms. The first-order chi connectivity index (χ1) is 8.82. The number of aliphatic hydroxyl groups is 1. The highest BCUT2D eigenvalue weighted by atomic mass is 16.6. The maximum absolute atomic E-state index is 11.9. The van der Waals surface area contributed by atoms with Gasteiger partial charge in [-0.1, -0.05) is 13.8 Å². The molecule has 0 saturated heterocycles. The first kappa shape index (κ1) is 15.1. The van der Waals surface area contributed by atoms with E-state index in [4.69, 9.17) is 0 Å². The SMILES string of the molecule is Cc1cc([N+](=O)[O-])ccc1C(=O)NCC(O)C(C)C. The number of amides is 1. The molecule has 0 bridgehead atoms. The van der Waals surface area contributed by atoms with Crippen molar-refractivity contribution in [1.82, 2.24) is 5.32 Å². The molecule has 1 rings (SSSR count). The van der Waals surface area contributed by atoms with Crippen molar-refractivity contribution >= 4 is 11.6 Å². The Morgan fingerprint density at radius 1 is 1.47 bits per heavy atom. The van der Waals surface area contributed by atoms with Crippen molar-refractivity contribution in [3.05, 3.63) is 39.4 Å². The van der Waals surface area contributed by atoms with Crippen LogP contribution < -0.4 is 5.32 Å². The zero-order valence-corrected chi connectivity index (χ0v) is 11.2. The normalized spacial score (nSPS) is 12.3. The van der Waals surface area contributed by atoms with E-state index in [1.807, 2.05) is 13.8 Å². The van der Waals surface area contributed by atoms with Crippen LogP contribution in [0, 0.1) is 23.0 Å². The van der Waals surface area contributed by atoms with Crippen LogP contribution >= 0.6 is 0 Å². The Labute approximate surface area is 111 Å². The molecule has 0 aliphatic rings. The van der Waals surface area contributed by atoms with Gasteiger partial charge in [0.2, 0.25) is 0 Å². The largest absolute Gasteiger partial charge is 0.391 e. The smallest absolute Gasteiger partial charge is 0.269 e. The number of benzene rings is 1. The number of aryl methyl sites for hydroxylation is 1. The van der Waals surface area contributed by atoms with Crippen LogP contribution in [0.2, 0.25) is 0 Å². The van der Waals surface area contributed by atoms with Gasteiger partial charge in [0.25, 0.3) is 11.6 Å². The summed E-state index contributed by atoms with van der Waals surface area (Å²) < 4.78 is 0. The quantitative estimate of drug-likeness (QED) is 0.626. The summed E-state index contributed by atoms with van der Waals surface area (Å²) in [6.45, 7) is 5.51. The molecule has 6 nitrogen and oxygen atoms in total. The molecule has 0 aliphatic carbocycles. The number of hydrogen-bond acceptors (Lipinski definition) is 4. The molecule has 1 aromatic rings. The predicted octanol–water partition coefficient (Wildman–Crippen LogP) is 1.65. The van der Waals surface area contributed by atoms with Crippen LogP contribution in [0.25, 0.3) is 0 Å². The van der Waals surface area contributed by atoms with Gasteiger partial charge in [-0.3, -0.25) is 14.9 Å². The Morgan fingerprint density at radius 3 is 2.58 bits per heavy atom. The highest BCUT2D eigenvalue weighted by molar-refractivity contribution is 5.95. The van der Waals surface area contributed by atoms with Gasteiger partial charge in [-0.15, -0.1) is 0 Å². The number of nitrogens with zero attached hydrogens (tertiary/aromatic N) is 1. The van der Waals surface area contributed by atoms with Crippen molar-refractivity contribution in [3.8, 4) is 0 Å². The highest BCUT2D eigenvalue weighted by Gasteiger charge is 2.15. The molecule has 2 N–H and O–H groups in total. The van der Waals surface area contributed by atoms with E-state index >= 15 is 0 Å².